The molecule has 8 aliphatic rings. The summed E-state index contributed by atoms with van der Waals surface area (Å²) in [4.78, 5) is 174. The first-order valence-electron chi connectivity index (χ1n) is 50.8. The van der Waals surface area contributed by atoms with Gasteiger partial charge in [0.25, 0.3) is 59.1 Å². The summed E-state index contributed by atoms with van der Waals surface area (Å²) in [5.74, 6) is -1.24. The van der Waals surface area contributed by atoms with E-state index in [1.54, 1.807) is 77.0 Å². The molecule has 38 heteroatoms. The van der Waals surface area contributed by atoms with Crippen LogP contribution in [0.15, 0.2) is 155 Å². The predicted octanol–water partition coefficient (Wildman–Crippen LogP) is 7.56. The van der Waals surface area contributed by atoms with Crippen molar-refractivity contribution in [2.45, 2.75) is 51.4 Å². The lowest BCUT2D eigenvalue weighted by molar-refractivity contribution is -0.369. The highest BCUT2D eigenvalue weighted by Gasteiger charge is 2.43. The Kier molecular flexibility index (Phi) is 31.3. The molecule has 0 bridgehead atoms. The minimum Gasteiger partial charge on any atom is -0.497 e. The van der Waals surface area contributed by atoms with Crippen LogP contribution < -0.4 is 41.0 Å². The number of hydrogen-bond donors (Lipinski definition) is 4. The summed E-state index contributed by atoms with van der Waals surface area (Å²) in [7, 11) is 6.37. The van der Waals surface area contributed by atoms with Crippen molar-refractivity contribution in [1.29, 1.82) is 0 Å². The van der Waals surface area contributed by atoms with Gasteiger partial charge in [0.2, 0.25) is 0 Å². The van der Waals surface area contributed by atoms with E-state index in [2.05, 4.69) is 81.9 Å². The summed E-state index contributed by atoms with van der Waals surface area (Å²) >= 11 is 0. The maximum absolute atomic E-state index is 14.2. The fourth-order valence-electron chi connectivity index (χ4n) is 21.3. The van der Waals surface area contributed by atoms with Crippen molar-refractivity contribution in [2.75, 3.05) is 238 Å². The lowest BCUT2D eigenvalue weighted by atomic mass is 9.86. The van der Waals surface area contributed by atoms with Crippen LogP contribution >= 0.6 is 0 Å². The number of ether oxygens (including phenoxy) is 4. The summed E-state index contributed by atoms with van der Waals surface area (Å²) in [6, 6.07) is 42.4. The third-order valence-electron chi connectivity index (χ3n) is 29.5. The lowest BCUT2D eigenvalue weighted by Gasteiger charge is -2.36. The minimum atomic E-state index is -0.443. The van der Waals surface area contributed by atoms with Crippen LogP contribution in [0.1, 0.15) is 155 Å². The van der Waals surface area contributed by atoms with Crippen molar-refractivity contribution in [3.63, 3.8) is 0 Å². The van der Waals surface area contributed by atoms with E-state index in [1.807, 2.05) is 97.1 Å². The molecule has 0 saturated carbocycles. The fraction of sp³-hybridized carbons (Fsp3) is 0.407. The summed E-state index contributed by atoms with van der Waals surface area (Å²) in [6.45, 7) is 25.0. The molecular formula is C108H124N22O16+2. The largest absolute Gasteiger partial charge is 0.497 e. The highest BCUT2D eigenvalue weighted by atomic mass is 16.6. The Bertz CT molecular complexity index is 6340. The molecule has 12 heterocycles. The molecule has 20 rings (SSSR count). The first-order chi connectivity index (χ1) is 71.3. The molecule has 146 heavy (non-hydrogen) atoms. The first-order valence-corrected chi connectivity index (χ1v) is 50.8. The summed E-state index contributed by atoms with van der Waals surface area (Å²) in [5.41, 5.74) is 17.4. The molecule has 38 nitrogen and oxygen atoms in total. The highest BCUT2D eigenvalue weighted by Crippen LogP contribution is 2.44. The van der Waals surface area contributed by atoms with E-state index in [0.29, 0.717) is 234 Å². The number of nitrogens with zero attached hydrogens (tertiary/aromatic N) is 18. The Labute approximate surface area is 844 Å². The number of hydrogen-bond acceptors (Lipinski definition) is 30. The van der Waals surface area contributed by atoms with Crippen molar-refractivity contribution in [3.8, 4) is 67.8 Å². The van der Waals surface area contributed by atoms with Crippen molar-refractivity contribution in [2.24, 2.45) is 0 Å². The number of carbonyl (C=O) groups excluding carboxylic acids is 10. The molecule has 0 radical (unpaired) electrons. The average Bonchev–Trinajstić information content (AvgIpc) is 0.784. The van der Waals surface area contributed by atoms with Crippen LogP contribution in [0.5, 0.6) is 23.0 Å². The number of aromatic nitrogens is 6. The standard InChI is InChI=1S/C74H74N14O12.C34H48N8O4/c1-95-49-17-9-45(10-18-49)57-63-67(81-99-79-63)61(47-13-21-51(97-3)22-14-47)77-65(57)69(89)75-29-5-31-83-37-41-85(42-38-83)33-7-35-87-71(91)53-25-27-55-60-56(28-26-54(59(53)60)72(87)92)74(94)88(73(55)93)36-8-34-86-43-39-84(40-44-86)32-6-30-76-70(90)66-58(46-11-19-50(96-2)20-12-46)64-68(82-100-80-64)62(78-66)48-15-23-52(98-4)24-16-48;35-9-1-11-37-17-21-39(22-18-37)13-3-15-41-31(43)25-5-7-27-30-28(8-6-26(29(25)30)32(41)44)34(46)42(33(27)45)16-4-14-40-23-19-38(20-24-40)12-2-10-36/h9-28H,5-8,29-44H2,1-4H3,(H,75,89)(H,76,90);5-8H,1-4,9-24,35-36H2/p+2. The molecule has 10 amide bonds. The second kappa shape index (κ2) is 45.5. The van der Waals surface area contributed by atoms with Crippen LogP contribution in [-0.4, -0.2) is 386 Å². The van der Waals surface area contributed by atoms with E-state index in [1.165, 1.54) is 19.6 Å². The van der Waals surface area contributed by atoms with Crippen molar-refractivity contribution in [3.05, 3.63) is 201 Å². The average molecular weight is 1990 g/mol. The molecule has 4 fully saturated rings. The number of pyridine rings is 2. The number of amides is 10. The summed E-state index contributed by atoms with van der Waals surface area (Å²) < 4.78 is 32.0. The number of piperazine rings is 4. The number of benzene rings is 8. The topological polar surface area (TPSA) is 429 Å². The number of nitrogens with one attached hydrogen (secondary N) is 2. The molecule has 760 valence electrons. The molecule has 0 aliphatic carbocycles. The van der Waals surface area contributed by atoms with Crippen molar-refractivity contribution in [1.82, 2.24) is 100 Å². The van der Waals surface area contributed by atoms with E-state index < -0.39 is 23.6 Å². The predicted molar refractivity (Wildman–Crippen MR) is 545 cm³/mol. The fourth-order valence-corrected chi connectivity index (χ4v) is 21.3. The normalized spacial score (nSPS) is 16.8. The number of carbonyl (C=O) groups is 10. The minimum absolute atomic E-state index is 0.188. The molecule has 8 aromatic carbocycles. The van der Waals surface area contributed by atoms with Gasteiger partial charge >= 0.3 is 0 Å². The maximum Gasteiger partial charge on any atom is 0.270 e. The smallest absolute Gasteiger partial charge is 0.270 e. The number of imide groups is 4. The number of quaternary nitrogens is 2. The zero-order chi connectivity index (χ0) is 101. The van der Waals surface area contributed by atoms with Crippen LogP contribution in [0.2, 0.25) is 0 Å². The second-order valence-electron chi connectivity index (χ2n) is 38.2. The van der Waals surface area contributed by atoms with E-state index >= 15 is 0 Å². The van der Waals surface area contributed by atoms with Gasteiger partial charge in [-0.05, 0) is 231 Å². The Hall–Kier alpha value is -14.3. The first kappa shape index (κ1) is 100. The van der Waals surface area contributed by atoms with Crippen LogP contribution in [0.25, 0.3) is 88.4 Å². The Morgan fingerprint density at radius 2 is 0.479 bits per heavy atom. The summed E-state index contributed by atoms with van der Waals surface area (Å²) in [5, 5.41) is 24.7. The van der Waals surface area contributed by atoms with Gasteiger partial charge in [0.15, 0.2) is 11.0 Å². The van der Waals surface area contributed by atoms with Crippen LogP contribution in [-0.2, 0) is 0 Å². The number of fused-ring (bicyclic) bond motifs is 2. The molecule has 8 N–H and O–H groups in total. The molecule has 8 aliphatic heterocycles. The summed E-state index contributed by atoms with van der Waals surface area (Å²) in [6.07, 6.45) is 6.15. The van der Waals surface area contributed by atoms with Crippen molar-refractivity contribution >= 4 is 103 Å². The van der Waals surface area contributed by atoms with Gasteiger partial charge in [-0.15, -0.1) is 0 Å². The lowest BCUT2D eigenvalue weighted by Crippen LogP contribution is -2.52. The van der Waals surface area contributed by atoms with Crippen LogP contribution in [0.3, 0.4) is 0 Å². The Balaban J connectivity index is 0.000000243. The van der Waals surface area contributed by atoms with E-state index in [0.717, 1.165) is 170 Å². The third-order valence-corrected chi connectivity index (χ3v) is 29.5. The number of methoxy groups -OCH3 is 4. The number of rotatable bonds is 40. The molecule has 0 atom stereocenters. The molecular weight excluding hydrogens is 1860 g/mol. The molecule has 12 aromatic rings. The zero-order valence-corrected chi connectivity index (χ0v) is 83.1. The van der Waals surface area contributed by atoms with Gasteiger partial charge in [-0.3, -0.25) is 67.5 Å². The SMILES string of the molecule is COc1ccc(-c2nc(C(=O)NCCCN3CCN(CCCN4C(=O)c5ccc6c7c(ccc(c57)C4=O)C(=O)N(CCCN4CCN(CCCNC(=O)c5nc(-c7ccc(OC)cc7)c7nonc7c5-c5ccc(OC)cc5)CC4)C6=O)CC3)c(-c3ccc(OC)cc3)c3nonc23)cc1.[NH3+]CCCN1CCN(CCCN2C(=O)c3ccc4c5c(ccc(c35)C2=O)C(=O)N(CCCN2CCN(CCC[NH3+])CC2)C4=O)CC1. The van der Waals surface area contributed by atoms with Gasteiger partial charge < -0.3 is 80.2 Å². The van der Waals surface area contributed by atoms with Gasteiger partial charge in [0.1, 0.15) is 56.8 Å². The molecule has 4 aromatic heterocycles. The third kappa shape index (κ3) is 21.0. The van der Waals surface area contributed by atoms with Crippen LogP contribution in [0.4, 0.5) is 0 Å². The Morgan fingerprint density at radius 1 is 0.274 bits per heavy atom. The van der Waals surface area contributed by atoms with E-state index in [4.69, 9.17) is 38.2 Å². The highest BCUT2D eigenvalue weighted by molar-refractivity contribution is 6.35. The maximum atomic E-state index is 14.2. The van der Waals surface area contributed by atoms with Crippen LogP contribution in [0, 0.1) is 0 Å². The van der Waals surface area contributed by atoms with Gasteiger partial charge in [-0.1, -0.05) is 24.3 Å². The second-order valence-corrected chi connectivity index (χ2v) is 38.2. The molecule has 4 saturated heterocycles. The van der Waals surface area contributed by atoms with Gasteiger partial charge in [-0.25, -0.2) is 19.2 Å². The van der Waals surface area contributed by atoms with E-state index in [9.17, 15) is 47.9 Å². The monoisotopic (exact) mass is 1980 g/mol. The van der Waals surface area contributed by atoms with Gasteiger partial charge in [0, 0.05) is 258 Å². The quantitative estimate of drug-likeness (QED) is 0.0212. The van der Waals surface area contributed by atoms with Crippen molar-refractivity contribution < 1.29 is 87.6 Å². The molecule has 0 spiro atoms. The zero-order valence-electron chi connectivity index (χ0n) is 83.1. The van der Waals surface area contributed by atoms with E-state index in [-0.39, 0.29) is 59.9 Å². The van der Waals surface area contributed by atoms with Gasteiger partial charge in [0.05, 0.1) is 41.5 Å². The molecule has 0 unspecified atom stereocenters. The Morgan fingerprint density at radius 3 is 0.699 bits per heavy atom. The van der Waals surface area contributed by atoms with Gasteiger partial charge in [-0.2, -0.15) is 0 Å².